The Balaban J connectivity index is 1.97. The number of aryl methyl sites for hydroxylation is 2. The van der Waals surface area contributed by atoms with E-state index in [9.17, 15) is 0 Å². The van der Waals surface area contributed by atoms with Crippen molar-refractivity contribution >= 4 is 5.96 Å². The molecule has 0 aliphatic carbocycles. The van der Waals surface area contributed by atoms with E-state index in [0.717, 1.165) is 41.7 Å². The fourth-order valence-electron chi connectivity index (χ4n) is 2.57. The van der Waals surface area contributed by atoms with Gasteiger partial charge in [-0.3, -0.25) is 4.99 Å². The van der Waals surface area contributed by atoms with Crippen LogP contribution < -0.4 is 5.32 Å². The zero-order valence-electron chi connectivity index (χ0n) is 15.4. The number of aromatic nitrogens is 3. The van der Waals surface area contributed by atoms with Crippen LogP contribution in [0.1, 0.15) is 36.7 Å². The Morgan fingerprint density at radius 3 is 2.67 bits per heavy atom. The monoisotopic (exact) mass is 328 g/mol. The molecule has 0 saturated heterocycles. The Kier molecular flexibility index (Phi) is 6.35. The van der Waals surface area contributed by atoms with Gasteiger partial charge in [-0.05, 0) is 38.0 Å². The third-order valence-electron chi connectivity index (χ3n) is 3.91. The van der Waals surface area contributed by atoms with Crippen molar-refractivity contribution in [2.45, 2.75) is 40.2 Å². The summed E-state index contributed by atoms with van der Waals surface area (Å²) in [5.41, 5.74) is 3.20. The van der Waals surface area contributed by atoms with Gasteiger partial charge in [-0.2, -0.15) is 5.10 Å². The standard InChI is InChI=1S/C18H28N6/c1-6-7-10-23(5)18(19-4)21-13-16-8-9-17(20-12-16)24-15(3)11-14(2)22-24/h8-9,11-12H,6-7,10,13H2,1-5H3,(H,19,21). The van der Waals surface area contributed by atoms with Gasteiger partial charge >= 0.3 is 0 Å². The zero-order chi connectivity index (χ0) is 17.5. The van der Waals surface area contributed by atoms with Gasteiger partial charge in [0.25, 0.3) is 0 Å². The summed E-state index contributed by atoms with van der Waals surface area (Å²) in [7, 11) is 3.88. The summed E-state index contributed by atoms with van der Waals surface area (Å²) in [6, 6.07) is 6.12. The molecule has 0 amide bonds. The topological polar surface area (TPSA) is 58.3 Å². The zero-order valence-corrected chi connectivity index (χ0v) is 15.4. The Bertz CT molecular complexity index is 671. The van der Waals surface area contributed by atoms with Crippen molar-refractivity contribution in [3.8, 4) is 5.82 Å². The highest BCUT2D eigenvalue weighted by Gasteiger charge is 2.07. The van der Waals surface area contributed by atoms with Gasteiger partial charge in [0.2, 0.25) is 0 Å². The molecule has 24 heavy (non-hydrogen) atoms. The predicted molar refractivity (Wildman–Crippen MR) is 98.6 cm³/mol. The SMILES string of the molecule is CCCCN(C)C(=NC)NCc1ccc(-n2nc(C)cc2C)nc1. The third kappa shape index (κ3) is 4.57. The van der Waals surface area contributed by atoms with Gasteiger partial charge in [-0.25, -0.2) is 9.67 Å². The second kappa shape index (κ2) is 8.47. The summed E-state index contributed by atoms with van der Waals surface area (Å²) >= 11 is 0. The highest BCUT2D eigenvalue weighted by atomic mass is 15.3. The molecule has 0 bridgehead atoms. The molecule has 0 atom stereocenters. The lowest BCUT2D eigenvalue weighted by molar-refractivity contribution is 0.464. The number of hydrogen-bond acceptors (Lipinski definition) is 3. The third-order valence-corrected chi connectivity index (χ3v) is 3.91. The molecule has 6 heteroatoms. The molecule has 2 heterocycles. The maximum atomic E-state index is 4.53. The molecule has 0 radical (unpaired) electrons. The van der Waals surface area contributed by atoms with E-state index in [1.807, 2.05) is 43.9 Å². The van der Waals surface area contributed by atoms with Crippen LogP contribution in [0.25, 0.3) is 5.82 Å². The minimum absolute atomic E-state index is 0.702. The van der Waals surface area contributed by atoms with E-state index in [-0.39, 0.29) is 0 Å². The number of nitrogens with zero attached hydrogens (tertiary/aromatic N) is 5. The van der Waals surface area contributed by atoms with Crippen LogP contribution in [0.3, 0.4) is 0 Å². The molecule has 0 unspecified atom stereocenters. The van der Waals surface area contributed by atoms with Crippen LogP contribution in [0.4, 0.5) is 0 Å². The predicted octanol–water partition coefficient (Wildman–Crippen LogP) is 2.69. The van der Waals surface area contributed by atoms with E-state index in [1.165, 1.54) is 6.42 Å². The first-order valence-corrected chi connectivity index (χ1v) is 8.45. The van der Waals surface area contributed by atoms with Crippen LogP contribution in [0.15, 0.2) is 29.4 Å². The van der Waals surface area contributed by atoms with Gasteiger partial charge in [-0.15, -0.1) is 0 Å². The van der Waals surface area contributed by atoms with Gasteiger partial charge in [0.1, 0.15) is 0 Å². The minimum Gasteiger partial charge on any atom is -0.352 e. The molecule has 0 fully saturated rings. The maximum Gasteiger partial charge on any atom is 0.193 e. The summed E-state index contributed by atoms with van der Waals surface area (Å²) in [6.07, 6.45) is 4.23. The average molecular weight is 328 g/mol. The molecule has 2 rings (SSSR count). The summed E-state index contributed by atoms with van der Waals surface area (Å²) in [6.45, 7) is 7.93. The van der Waals surface area contributed by atoms with Crippen LogP contribution in [0.5, 0.6) is 0 Å². The summed E-state index contributed by atoms with van der Waals surface area (Å²) < 4.78 is 1.87. The second-order valence-corrected chi connectivity index (χ2v) is 6.04. The van der Waals surface area contributed by atoms with Gasteiger partial charge in [0.05, 0.1) is 5.69 Å². The molecule has 130 valence electrons. The van der Waals surface area contributed by atoms with Crippen molar-refractivity contribution in [1.29, 1.82) is 0 Å². The van der Waals surface area contributed by atoms with E-state index in [4.69, 9.17) is 0 Å². The lowest BCUT2D eigenvalue weighted by Crippen LogP contribution is -2.38. The van der Waals surface area contributed by atoms with Crippen LogP contribution in [0, 0.1) is 13.8 Å². The van der Waals surface area contributed by atoms with Crippen molar-refractivity contribution < 1.29 is 0 Å². The first-order chi connectivity index (χ1) is 11.5. The number of hydrogen-bond donors (Lipinski definition) is 1. The number of rotatable bonds is 6. The normalized spacial score (nSPS) is 11.6. The first kappa shape index (κ1) is 18.0. The Morgan fingerprint density at radius 1 is 1.33 bits per heavy atom. The lowest BCUT2D eigenvalue weighted by Gasteiger charge is -2.21. The molecule has 2 aromatic heterocycles. The van der Waals surface area contributed by atoms with Crippen LogP contribution in [-0.4, -0.2) is 46.3 Å². The number of pyridine rings is 1. The summed E-state index contributed by atoms with van der Waals surface area (Å²) in [4.78, 5) is 11.0. The van der Waals surface area contributed by atoms with E-state index in [1.54, 1.807) is 0 Å². The lowest BCUT2D eigenvalue weighted by atomic mass is 10.3. The fourth-order valence-corrected chi connectivity index (χ4v) is 2.57. The minimum atomic E-state index is 0.702. The van der Waals surface area contributed by atoms with Gasteiger partial charge < -0.3 is 10.2 Å². The molecule has 0 spiro atoms. The average Bonchev–Trinajstić information content (AvgIpc) is 2.92. The highest BCUT2D eigenvalue weighted by Crippen LogP contribution is 2.10. The van der Waals surface area contributed by atoms with Crippen molar-refractivity contribution in [2.75, 3.05) is 20.6 Å². The van der Waals surface area contributed by atoms with Crippen molar-refractivity contribution in [3.63, 3.8) is 0 Å². The quantitative estimate of drug-likeness (QED) is 0.654. The molecule has 0 aliphatic rings. The number of unbranched alkanes of at least 4 members (excludes halogenated alkanes) is 1. The van der Waals surface area contributed by atoms with Gasteiger partial charge in [-0.1, -0.05) is 19.4 Å². The number of nitrogens with one attached hydrogen (secondary N) is 1. The summed E-state index contributed by atoms with van der Waals surface area (Å²) in [5.74, 6) is 1.75. The summed E-state index contributed by atoms with van der Waals surface area (Å²) in [5, 5.41) is 7.84. The Labute approximate surface area is 144 Å². The van der Waals surface area contributed by atoms with E-state index in [0.29, 0.717) is 6.54 Å². The van der Waals surface area contributed by atoms with Crippen molar-refractivity contribution in [1.82, 2.24) is 25.0 Å². The second-order valence-electron chi connectivity index (χ2n) is 6.04. The molecular formula is C18H28N6. The highest BCUT2D eigenvalue weighted by molar-refractivity contribution is 5.79. The maximum absolute atomic E-state index is 4.53. The molecule has 1 N–H and O–H groups in total. The fraction of sp³-hybridized carbons (Fsp3) is 0.500. The molecular weight excluding hydrogens is 300 g/mol. The van der Waals surface area contributed by atoms with Gasteiger partial charge in [0.15, 0.2) is 11.8 Å². The van der Waals surface area contributed by atoms with E-state index >= 15 is 0 Å². The molecule has 2 aromatic rings. The van der Waals surface area contributed by atoms with Crippen LogP contribution in [0.2, 0.25) is 0 Å². The number of aliphatic imine (C=N–C) groups is 1. The van der Waals surface area contributed by atoms with Crippen LogP contribution >= 0.6 is 0 Å². The molecule has 6 nitrogen and oxygen atoms in total. The van der Waals surface area contributed by atoms with E-state index < -0.39 is 0 Å². The Morgan fingerprint density at radius 2 is 2.12 bits per heavy atom. The Hall–Kier alpha value is -2.37. The first-order valence-electron chi connectivity index (χ1n) is 8.45. The van der Waals surface area contributed by atoms with Crippen molar-refractivity contribution in [2.24, 2.45) is 4.99 Å². The molecule has 0 saturated carbocycles. The smallest absolute Gasteiger partial charge is 0.193 e. The van der Waals surface area contributed by atoms with E-state index in [2.05, 4.69) is 45.3 Å². The largest absolute Gasteiger partial charge is 0.352 e. The molecule has 0 aliphatic heterocycles. The van der Waals surface area contributed by atoms with Crippen molar-refractivity contribution in [3.05, 3.63) is 41.3 Å². The van der Waals surface area contributed by atoms with Crippen LogP contribution in [-0.2, 0) is 6.54 Å². The van der Waals surface area contributed by atoms with Gasteiger partial charge in [0, 0.05) is 39.1 Å². The number of guanidine groups is 1. The molecule has 0 aromatic carbocycles.